The number of rotatable bonds is 6. The fourth-order valence-corrected chi connectivity index (χ4v) is 6.07. The Morgan fingerprint density at radius 1 is 1.33 bits per heavy atom. The zero-order valence-electron chi connectivity index (χ0n) is 17.2. The van der Waals surface area contributed by atoms with Gasteiger partial charge in [0.1, 0.15) is 11.9 Å². The molecular formula is C21H28N4O3S2. The normalized spacial score (nSPS) is 21.4. The number of hydrogen-bond acceptors (Lipinski definition) is 6. The second-order valence-electron chi connectivity index (χ2n) is 8.46. The first-order valence-electron chi connectivity index (χ1n) is 10.5. The topological polar surface area (TPSA) is 103 Å². The van der Waals surface area contributed by atoms with E-state index >= 15 is 0 Å². The number of anilines is 1. The zero-order chi connectivity index (χ0) is 21.3. The van der Waals surface area contributed by atoms with Crippen molar-refractivity contribution in [2.24, 2.45) is 5.92 Å². The number of thiazole rings is 1. The molecular weight excluding hydrogens is 420 g/mol. The van der Waals surface area contributed by atoms with Gasteiger partial charge in [-0.3, -0.25) is 10.2 Å². The highest BCUT2D eigenvalue weighted by Gasteiger charge is 2.38. The molecule has 162 valence electrons. The molecule has 2 heterocycles. The standard InChI is InChI=1S/C21H28N4O3S2/c1-30(27,28)16-8-7-15-13-25(19(22)17(15)12-16)18(11-14-5-3-2-4-6-14)20(26)24-21-23-9-10-29-21/h9-10,12,14,18,22H,2-8,11,13H2,1H3,(H,23,24,26). The summed E-state index contributed by atoms with van der Waals surface area (Å²) in [5.41, 5.74) is 1.74. The largest absolute Gasteiger partial charge is 0.341 e. The third kappa shape index (κ3) is 4.51. The number of amidine groups is 1. The van der Waals surface area contributed by atoms with Gasteiger partial charge in [0.2, 0.25) is 5.91 Å². The van der Waals surface area contributed by atoms with Crippen LogP contribution in [0.1, 0.15) is 51.4 Å². The van der Waals surface area contributed by atoms with Crippen LogP contribution in [-0.2, 0) is 14.6 Å². The molecule has 30 heavy (non-hydrogen) atoms. The average Bonchev–Trinajstić information content (AvgIpc) is 3.34. The van der Waals surface area contributed by atoms with E-state index in [1.807, 2.05) is 10.3 Å². The molecule has 9 heteroatoms. The fourth-order valence-electron chi connectivity index (χ4n) is 4.73. The summed E-state index contributed by atoms with van der Waals surface area (Å²) in [6.07, 6.45) is 12.2. The van der Waals surface area contributed by atoms with Crippen molar-refractivity contribution in [3.63, 3.8) is 0 Å². The molecule has 2 N–H and O–H groups in total. The Morgan fingerprint density at radius 2 is 2.10 bits per heavy atom. The molecule has 0 spiro atoms. The minimum absolute atomic E-state index is 0.132. The lowest BCUT2D eigenvalue weighted by Gasteiger charge is -2.33. The number of carbonyl (C=O) groups excluding carboxylic acids is 1. The van der Waals surface area contributed by atoms with Crippen LogP contribution in [0.4, 0.5) is 5.13 Å². The van der Waals surface area contributed by atoms with Crippen LogP contribution in [0.15, 0.2) is 33.7 Å². The van der Waals surface area contributed by atoms with E-state index in [1.165, 1.54) is 36.9 Å². The average molecular weight is 449 g/mol. The molecule has 0 saturated heterocycles. The van der Waals surface area contributed by atoms with Crippen molar-refractivity contribution < 1.29 is 13.2 Å². The van der Waals surface area contributed by atoms with E-state index in [9.17, 15) is 13.2 Å². The summed E-state index contributed by atoms with van der Waals surface area (Å²) in [6, 6.07) is -0.454. The predicted octanol–water partition coefficient (Wildman–Crippen LogP) is 3.73. The quantitative estimate of drug-likeness (QED) is 0.690. The third-order valence-electron chi connectivity index (χ3n) is 6.36. The van der Waals surface area contributed by atoms with Gasteiger partial charge < -0.3 is 10.2 Å². The number of hydrogen-bond donors (Lipinski definition) is 2. The van der Waals surface area contributed by atoms with Crippen LogP contribution in [-0.4, -0.2) is 48.9 Å². The first-order chi connectivity index (χ1) is 14.3. The second kappa shape index (κ2) is 8.63. The summed E-state index contributed by atoms with van der Waals surface area (Å²) < 4.78 is 24.0. The van der Waals surface area contributed by atoms with Gasteiger partial charge in [0.05, 0.1) is 0 Å². The number of amides is 1. The maximum absolute atomic E-state index is 13.2. The summed E-state index contributed by atoms with van der Waals surface area (Å²) in [6.45, 7) is 0.518. The Balaban J connectivity index is 1.57. The maximum atomic E-state index is 13.2. The van der Waals surface area contributed by atoms with Crippen LogP contribution in [0, 0.1) is 11.3 Å². The highest BCUT2D eigenvalue weighted by molar-refractivity contribution is 7.94. The van der Waals surface area contributed by atoms with Gasteiger partial charge >= 0.3 is 0 Å². The number of carbonyl (C=O) groups is 1. The summed E-state index contributed by atoms with van der Waals surface area (Å²) in [5, 5.41) is 14.1. The maximum Gasteiger partial charge on any atom is 0.248 e. The molecule has 2 aliphatic carbocycles. The van der Waals surface area contributed by atoms with Crippen molar-refractivity contribution in [3.05, 3.63) is 33.7 Å². The van der Waals surface area contributed by atoms with Gasteiger partial charge in [-0.2, -0.15) is 0 Å². The van der Waals surface area contributed by atoms with E-state index in [-0.39, 0.29) is 11.7 Å². The molecule has 3 aliphatic rings. The Bertz CT molecular complexity index is 989. The summed E-state index contributed by atoms with van der Waals surface area (Å²) in [5.74, 6) is 0.603. The summed E-state index contributed by atoms with van der Waals surface area (Å²) in [7, 11) is -3.27. The molecule has 1 aromatic rings. The van der Waals surface area contributed by atoms with Gasteiger partial charge in [-0.05, 0) is 36.8 Å². The monoisotopic (exact) mass is 448 g/mol. The van der Waals surface area contributed by atoms with E-state index in [4.69, 9.17) is 5.41 Å². The number of aromatic nitrogens is 1. The molecule has 1 aliphatic heterocycles. The first kappa shape index (κ1) is 21.2. The van der Waals surface area contributed by atoms with Gasteiger partial charge in [0, 0.05) is 34.9 Å². The lowest BCUT2D eigenvalue weighted by molar-refractivity contribution is -0.120. The Labute approximate surface area is 181 Å². The lowest BCUT2D eigenvalue weighted by atomic mass is 9.84. The number of nitrogens with zero attached hydrogens (tertiary/aromatic N) is 2. The first-order valence-corrected chi connectivity index (χ1v) is 13.3. The minimum Gasteiger partial charge on any atom is -0.341 e. The van der Waals surface area contributed by atoms with E-state index in [1.54, 1.807) is 12.3 Å². The van der Waals surface area contributed by atoms with Gasteiger partial charge in [-0.25, -0.2) is 13.4 Å². The number of nitrogens with one attached hydrogen (secondary N) is 2. The molecule has 1 atom stereocenters. The van der Waals surface area contributed by atoms with Crippen LogP contribution < -0.4 is 5.32 Å². The Hall–Kier alpha value is -2.00. The molecule has 1 amide bonds. The number of sulfone groups is 1. The fraction of sp³-hybridized carbons (Fsp3) is 0.571. The molecule has 0 radical (unpaired) electrons. The highest BCUT2D eigenvalue weighted by Crippen LogP contribution is 2.36. The van der Waals surface area contributed by atoms with Crippen molar-refractivity contribution in [2.75, 3.05) is 18.1 Å². The van der Waals surface area contributed by atoms with Crippen molar-refractivity contribution >= 4 is 38.0 Å². The van der Waals surface area contributed by atoms with Gasteiger partial charge in [0.15, 0.2) is 15.0 Å². The van der Waals surface area contributed by atoms with Gasteiger partial charge in [-0.15, -0.1) is 11.3 Å². The smallest absolute Gasteiger partial charge is 0.248 e. The molecule has 0 aromatic carbocycles. The van der Waals surface area contributed by atoms with Crippen LogP contribution in [0.3, 0.4) is 0 Å². The molecule has 1 fully saturated rings. The SMILES string of the molecule is CS(=O)(=O)C1=CC2=C(CC1)CN(C(CC1CCCCC1)C(=O)Nc1nccs1)C2=N. The van der Waals surface area contributed by atoms with E-state index in [2.05, 4.69) is 10.3 Å². The molecule has 1 unspecified atom stereocenters. The van der Waals surface area contributed by atoms with Crippen LogP contribution in [0.5, 0.6) is 0 Å². The highest BCUT2D eigenvalue weighted by atomic mass is 32.2. The van der Waals surface area contributed by atoms with Crippen LogP contribution >= 0.6 is 11.3 Å². The minimum atomic E-state index is -3.27. The van der Waals surface area contributed by atoms with Gasteiger partial charge in [0.25, 0.3) is 0 Å². The molecule has 7 nitrogen and oxygen atoms in total. The summed E-state index contributed by atoms with van der Waals surface area (Å²) >= 11 is 1.38. The number of allylic oxidation sites excluding steroid dienone is 1. The van der Waals surface area contributed by atoms with Crippen molar-refractivity contribution in [1.29, 1.82) is 5.41 Å². The Kier molecular flexibility index (Phi) is 6.11. The van der Waals surface area contributed by atoms with Crippen molar-refractivity contribution in [3.8, 4) is 0 Å². The van der Waals surface area contributed by atoms with E-state index < -0.39 is 15.9 Å². The van der Waals surface area contributed by atoms with Crippen molar-refractivity contribution in [1.82, 2.24) is 9.88 Å². The Morgan fingerprint density at radius 3 is 2.77 bits per heavy atom. The third-order valence-corrected chi connectivity index (χ3v) is 8.32. The van der Waals surface area contributed by atoms with E-state index in [0.717, 1.165) is 18.4 Å². The second-order valence-corrected chi connectivity index (χ2v) is 11.4. The molecule has 4 rings (SSSR count). The molecule has 0 bridgehead atoms. The zero-order valence-corrected chi connectivity index (χ0v) is 18.8. The van der Waals surface area contributed by atoms with Crippen LogP contribution in [0.2, 0.25) is 0 Å². The predicted molar refractivity (Wildman–Crippen MR) is 119 cm³/mol. The summed E-state index contributed by atoms with van der Waals surface area (Å²) in [4.78, 5) is 19.6. The van der Waals surface area contributed by atoms with E-state index in [0.29, 0.717) is 47.3 Å². The van der Waals surface area contributed by atoms with Crippen LogP contribution in [0.25, 0.3) is 0 Å². The molecule has 1 aromatic heterocycles. The molecule has 1 saturated carbocycles. The van der Waals surface area contributed by atoms with Gasteiger partial charge in [-0.1, -0.05) is 32.1 Å². The van der Waals surface area contributed by atoms with Crippen molar-refractivity contribution in [2.45, 2.75) is 57.4 Å². The lowest BCUT2D eigenvalue weighted by Crippen LogP contribution is -2.46.